The van der Waals surface area contributed by atoms with E-state index < -0.39 is 97.5 Å². The highest BCUT2D eigenvalue weighted by molar-refractivity contribution is 7.47. The molecule has 110 heavy (non-hydrogen) atoms. The van der Waals surface area contributed by atoms with Gasteiger partial charge in [0.05, 0.1) is 26.4 Å². The van der Waals surface area contributed by atoms with Crippen LogP contribution in [0.2, 0.25) is 0 Å². The van der Waals surface area contributed by atoms with Gasteiger partial charge in [-0.3, -0.25) is 37.3 Å². The summed E-state index contributed by atoms with van der Waals surface area (Å²) in [6, 6.07) is 0. The smallest absolute Gasteiger partial charge is 0.462 e. The van der Waals surface area contributed by atoms with Crippen molar-refractivity contribution in [2.75, 3.05) is 39.6 Å². The number of esters is 4. The molecular weight excluding hydrogens is 1430 g/mol. The minimum absolute atomic E-state index is 0.107. The number of ether oxygens (including phenoxy) is 4. The number of phosphoric ester groups is 2. The molecule has 0 aliphatic rings. The molecule has 4 unspecified atom stereocenters. The molecule has 0 saturated carbocycles. The fourth-order valence-corrected chi connectivity index (χ4v) is 15.7. The Labute approximate surface area is 677 Å². The van der Waals surface area contributed by atoms with Crippen LogP contribution in [-0.2, 0) is 65.4 Å². The third kappa shape index (κ3) is 81.2. The van der Waals surface area contributed by atoms with Crippen LogP contribution < -0.4 is 0 Å². The van der Waals surface area contributed by atoms with Crippen molar-refractivity contribution >= 4 is 39.5 Å². The molecule has 0 heterocycles. The van der Waals surface area contributed by atoms with Crippen molar-refractivity contribution < 1.29 is 80.2 Å². The highest BCUT2D eigenvalue weighted by atomic mass is 31.2. The second-order valence-corrected chi connectivity index (χ2v) is 37.0. The molecule has 0 aliphatic carbocycles. The van der Waals surface area contributed by atoms with Crippen LogP contribution in [0.25, 0.3) is 0 Å². The zero-order valence-electron chi connectivity index (χ0n) is 72.9. The van der Waals surface area contributed by atoms with E-state index in [-0.39, 0.29) is 25.7 Å². The van der Waals surface area contributed by atoms with Crippen LogP contribution >= 0.6 is 15.6 Å². The van der Waals surface area contributed by atoms with Crippen LogP contribution in [0.5, 0.6) is 0 Å². The Morgan fingerprint density at radius 2 is 0.436 bits per heavy atom. The Balaban J connectivity index is 5.21. The van der Waals surface area contributed by atoms with Crippen molar-refractivity contribution in [3.05, 3.63) is 0 Å². The Bertz CT molecular complexity index is 2130. The van der Waals surface area contributed by atoms with Crippen molar-refractivity contribution in [3.8, 4) is 0 Å². The van der Waals surface area contributed by atoms with Crippen molar-refractivity contribution in [3.63, 3.8) is 0 Å². The number of carbonyl (C=O) groups excluding carboxylic acids is 4. The summed E-state index contributed by atoms with van der Waals surface area (Å²) in [7, 11) is -9.94. The van der Waals surface area contributed by atoms with E-state index in [2.05, 4.69) is 55.4 Å². The lowest BCUT2D eigenvalue weighted by atomic mass is 9.99. The van der Waals surface area contributed by atoms with Gasteiger partial charge in [-0.05, 0) is 49.4 Å². The predicted octanol–water partition coefficient (Wildman–Crippen LogP) is 27.9. The van der Waals surface area contributed by atoms with E-state index in [9.17, 15) is 43.2 Å². The van der Waals surface area contributed by atoms with E-state index >= 15 is 0 Å². The summed E-state index contributed by atoms with van der Waals surface area (Å²) in [5.74, 6) is 1.12. The molecule has 0 aliphatic heterocycles. The second-order valence-electron chi connectivity index (χ2n) is 34.1. The van der Waals surface area contributed by atoms with Gasteiger partial charge in [-0.25, -0.2) is 9.13 Å². The molecule has 0 amide bonds. The molecule has 0 aromatic rings. The first kappa shape index (κ1) is 108. The van der Waals surface area contributed by atoms with Gasteiger partial charge >= 0.3 is 39.5 Å². The van der Waals surface area contributed by atoms with Gasteiger partial charge in [-0.2, -0.15) is 0 Å². The van der Waals surface area contributed by atoms with Crippen LogP contribution in [0.3, 0.4) is 0 Å². The number of carbonyl (C=O) groups is 4. The monoisotopic (exact) mass is 1610 g/mol. The number of phosphoric acid groups is 2. The van der Waals surface area contributed by atoms with E-state index in [0.29, 0.717) is 25.7 Å². The lowest BCUT2D eigenvalue weighted by Crippen LogP contribution is -2.30. The summed E-state index contributed by atoms with van der Waals surface area (Å²) >= 11 is 0. The summed E-state index contributed by atoms with van der Waals surface area (Å²) in [5.41, 5.74) is 0. The summed E-state index contributed by atoms with van der Waals surface area (Å²) in [4.78, 5) is 73.4. The fourth-order valence-electron chi connectivity index (χ4n) is 14.1. The molecule has 0 spiro atoms. The first-order chi connectivity index (χ1) is 53.2. The van der Waals surface area contributed by atoms with Crippen LogP contribution in [0.1, 0.15) is 479 Å². The largest absolute Gasteiger partial charge is 0.472 e. The Kier molecular flexibility index (Phi) is 78.1. The number of unbranched alkanes of at least 4 members (excludes halogenated alkanes) is 52. The molecule has 7 atom stereocenters. The van der Waals surface area contributed by atoms with E-state index in [1.807, 2.05) is 0 Å². The highest BCUT2D eigenvalue weighted by Gasteiger charge is 2.31. The summed E-state index contributed by atoms with van der Waals surface area (Å²) in [5, 5.41) is 10.7. The van der Waals surface area contributed by atoms with Crippen molar-refractivity contribution in [1.29, 1.82) is 0 Å². The van der Waals surface area contributed by atoms with Gasteiger partial charge in [-0.1, -0.05) is 428 Å². The topological polar surface area (TPSA) is 237 Å². The fraction of sp³-hybridized carbons (Fsp3) is 0.956. The van der Waals surface area contributed by atoms with Crippen molar-refractivity contribution in [2.24, 2.45) is 23.7 Å². The molecule has 0 bridgehead atoms. The molecule has 0 rings (SSSR count). The van der Waals surface area contributed by atoms with Gasteiger partial charge < -0.3 is 33.8 Å². The summed E-state index contributed by atoms with van der Waals surface area (Å²) in [6.45, 7) is 14.4. The molecular formula is C91H178O17P2. The summed E-state index contributed by atoms with van der Waals surface area (Å²) in [6.07, 6.45) is 70.9. The highest BCUT2D eigenvalue weighted by Crippen LogP contribution is 2.45. The van der Waals surface area contributed by atoms with Crippen molar-refractivity contribution in [1.82, 2.24) is 0 Å². The van der Waals surface area contributed by atoms with Crippen LogP contribution in [0.15, 0.2) is 0 Å². The summed E-state index contributed by atoms with van der Waals surface area (Å²) < 4.78 is 69.0. The molecule has 654 valence electrons. The van der Waals surface area contributed by atoms with Gasteiger partial charge in [0.1, 0.15) is 19.3 Å². The normalized spacial score (nSPS) is 14.3. The Morgan fingerprint density at radius 1 is 0.255 bits per heavy atom. The maximum Gasteiger partial charge on any atom is 0.472 e. The van der Waals surface area contributed by atoms with E-state index in [1.54, 1.807) is 0 Å². The molecule has 3 N–H and O–H groups in total. The minimum Gasteiger partial charge on any atom is -0.462 e. The zero-order chi connectivity index (χ0) is 80.9. The van der Waals surface area contributed by atoms with Gasteiger partial charge in [0.2, 0.25) is 0 Å². The standard InChI is InChI=1S/C91H178O17P2/c1-9-83(7)69-61-53-45-39-33-27-21-13-11-12-14-23-29-35-41-47-57-66-74-91(96)108-87(78-102-89(94)72-64-56-50-49-54-62-70-84(8)10-2)80-106-110(99,100)104-76-85(92)75-103-109(97,98)105-79-86(107-90(95)73-65-58-48-42-36-30-24-18-16-20-26-32-38-44-52-60-68-82(5)6)77-101-88(93)71-63-55-46-40-34-28-22-17-15-19-25-31-37-43-51-59-67-81(3)4/h81-87,92H,9-80H2,1-8H3,(H,97,98)(H,99,100)/t83?,84?,85-,86-,87-/m1/s1. The van der Waals surface area contributed by atoms with Gasteiger partial charge in [0.25, 0.3) is 0 Å². The molecule has 0 saturated heterocycles. The maximum absolute atomic E-state index is 13.2. The van der Waals surface area contributed by atoms with Crippen LogP contribution in [-0.4, -0.2) is 96.7 Å². The minimum atomic E-state index is -4.97. The number of aliphatic hydroxyl groups is 1. The van der Waals surface area contributed by atoms with Crippen LogP contribution in [0.4, 0.5) is 0 Å². The molecule has 19 heteroatoms. The first-order valence-corrected chi connectivity index (χ1v) is 49.8. The average molecular weight is 1610 g/mol. The van der Waals surface area contributed by atoms with E-state index in [1.165, 1.54) is 276 Å². The Hall–Kier alpha value is -1.94. The third-order valence-corrected chi connectivity index (χ3v) is 23.9. The molecule has 17 nitrogen and oxygen atoms in total. The Morgan fingerprint density at radius 3 is 0.645 bits per heavy atom. The second kappa shape index (κ2) is 79.5. The number of rotatable bonds is 88. The van der Waals surface area contributed by atoms with Crippen LogP contribution in [0, 0.1) is 23.7 Å². The first-order valence-electron chi connectivity index (χ1n) is 46.8. The van der Waals surface area contributed by atoms with Gasteiger partial charge in [-0.15, -0.1) is 0 Å². The number of hydrogen-bond donors (Lipinski definition) is 3. The quantitative estimate of drug-likeness (QED) is 0.0222. The molecule has 0 aromatic heterocycles. The number of aliphatic hydroxyl groups excluding tert-OH is 1. The lowest BCUT2D eigenvalue weighted by Gasteiger charge is -2.21. The third-order valence-electron chi connectivity index (χ3n) is 22.0. The van der Waals surface area contributed by atoms with E-state index in [0.717, 1.165) is 120 Å². The predicted molar refractivity (Wildman–Crippen MR) is 455 cm³/mol. The van der Waals surface area contributed by atoms with Gasteiger partial charge in [0.15, 0.2) is 12.2 Å². The number of hydrogen-bond acceptors (Lipinski definition) is 15. The average Bonchev–Trinajstić information content (AvgIpc) is 0.895. The van der Waals surface area contributed by atoms with E-state index in [4.69, 9.17) is 37.0 Å². The maximum atomic E-state index is 13.2. The van der Waals surface area contributed by atoms with Crippen molar-refractivity contribution in [2.45, 2.75) is 497 Å². The van der Waals surface area contributed by atoms with Gasteiger partial charge in [0, 0.05) is 25.7 Å². The lowest BCUT2D eigenvalue weighted by molar-refractivity contribution is -0.161. The molecule has 0 fully saturated rings. The SMILES string of the molecule is CCC(C)CCCCCCCCCCCCCCCCCCCCC(=O)O[C@H](COC(=O)CCCCCCCCC(C)CC)COP(=O)(O)OC[C@H](O)COP(=O)(O)OC[C@@H](COC(=O)CCCCCCCCCCCCCCCCCCC(C)C)OC(=O)CCCCCCCCCCCCCCCCCCC(C)C. The molecule has 0 aromatic carbocycles. The zero-order valence-corrected chi connectivity index (χ0v) is 74.7. The molecule has 0 radical (unpaired) electrons.